The lowest BCUT2D eigenvalue weighted by Gasteiger charge is -2.22. The second-order valence-corrected chi connectivity index (χ2v) is 29.7. The first-order valence-corrected chi connectivity index (χ1v) is 37.2. The molecule has 0 bridgehead atoms. The minimum atomic E-state index is -0.482. The first-order valence-electron chi connectivity index (χ1n) is 33.7. The maximum Gasteiger partial charge on any atom is 0.320 e. The van der Waals surface area contributed by atoms with E-state index in [1.165, 1.54) is 31.4 Å². The van der Waals surface area contributed by atoms with Crippen molar-refractivity contribution in [2.24, 2.45) is 23.3 Å². The summed E-state index contributed by atoms with van der Waals surface area (Å²) in [4.78, 5) is 76.8. The second kappa shape index (κ2) is 38.5. The summed E-state index contributed by atoms with van der Waals surface area (Å²) in [5.74, 6) is 2.26. The van der Waals surface area contributed by atoms with Crippen LogP contribution in [-0.2, 0) is 56.7 Å². The molecule has 0 amide bonds. The zero-order valence-corrected chi connectivity index (χ0v) is 64.1. The smallest absolute Gasteiger partial charge is 0.320 e. The number of alkyl halides is 2. The van der Waals surface area contributed by atoms with Gasteiger partial charge >= 0.3 is 5.97 Å². The molecule has 2 unspecified atom stereocenters. The van der Waals surface area contributed by atoms with E-state index in [0.717, 1.165) is 94.0 Å². The molecule has 544 valence electrons. The number of pyridine rings is 5. The number of esters is 1. The minimum absolute atomic E-state index is 0.000000000000000222. The summed E-state index contributed by atoms with van der Waals surface area (Å²) in [6.45, 7) is 24.2. The Morgan fingerprint density at radius 3 is 1.59 bits per heavy atom. The molecule has 6 fully saturated rings. The van der Waals surface area contributed by atoms with Crippen molar-refractivity contribution < 1.29 is 33.3 Å². The van der Waals surface area contributed by atoms with Gasteiger partial charge in [0, 0.05) is 127 Å². The summed E-state index contributed by atoms with van der Waals surface area (Å²) in [6, 6.07) is 25.2. The normalized spacial score (nSPS) is 17.6. The van der Waals surface area contributed by atoms with E-state index in [1.54, 1.807) is 54.1 Å². The van der Waals surface area contributed by atoms with E-state index in [9.17, 15) is 24.4 Å². The number of nitriles is 3. The van der Waals surface area contributed by atoms with E-state index in [2.05, 4.69) is 151 Å². The van der Waals surface area contributed by atoms with Gasteiger partial charge in [-0.2, -0.15) is 15.8 Å². The van der Waals surface area contributed by atoms with E-state index >= 15 is 0 Å². The number of carbonyl (C=O) groups excluding carboxylic acids is 2. The number of thioether (sulfide) groups is 1. The van der Waals surface area contributed by atoms with Crippen LogP contribution in [0.25, 0.3) is 28.1 Å². The Morgan fingerprint density at radius 2 is 1.22 bits per heavy atom. The fourth-order valence-electron chi connectivity index (χ4n) is 10.0. The molecule has 6 N–H and O–H groups in total. The molecule has 7 aliphatic rings. The predicted molar refractivity (Wildman–Crippen MR) is 406 cm³/mol. The van der Waals surface area contributed by atoms with Crippen LogP contribution in [0.15, 0.2) is 113 Å². The van der Waals surface area contributed by atoms with E-state index in [1.807, 2.05) is 67.7 Å². The quantitative estimate of drug-likeness (QED) is 0.0258. The number of nitrogens with zero attached hydrogens (tertiary/aromatic N) is 10. The van der Waals surface area contributed by atoms with Gasteiger partial charge in [-0.05, 0) is 156 Å². The first kappa shape index (κ1) is 82.0. The summed E-state index contributed by atoms with van der Waals surface area (Å²) in [7, 11) is 0. The minimum Gasteiger partial charge on any atom is -0.465 e. The van der Waals surface area contributed by atoms with Crippen molar-refractivity contribution in [2.45, 2.75) is 159 Å². The van der Waals surface area contributed by atoms with Crippen molar-refractivity contribution >= 4 is 86.7 Å². The van der Waals surface area contributed by atoms with Gasteiger partial charge in [-0.15, -0.1) is 11.6 Å². The van der Waals surface area contributed by atoms with E-state index in [0.29, 0.717) is 89.9 Å². The van der Waals surface area contributed by atoms with Crippen molar-refractivity contribution in [1.29, 1.82) is 15.8 Å². The SMILES string of the molecule is C=C(C)c1ccc(C2OCCO2)cn1.CC(CCl)CBr.CC1(c2ccc(-c3[nH]c(=S)[nH]c(=O)c3C#N)cn2)CC1.CC1(c2ccc(C3OCCO3)cn2)CC1.CC1(c2ccc(C=O)cn2)CC1.CC1CSc2nc(-c3ccc(C4(C)CC4)nc3)c(C#N)c(=O)n2C1.CCOC(=O)CC#N.NC(N)=S. The monoisotopic (exact) mass is 1540 g/mol. The number of ether oxygens (including phenoxy) is 5. The molecule has 0 radical (unpaired) electrons. The highest BCUT2D eigenvalue weighted by molar-refractivity contribution is 9.09. The highest BCUT2D eigenvalue weighted by Crippen LogP contribution is 2.49. The van der Waals surface area contributed by atoms with Crippen LogP contribution in [0.1, 0.15) is 187 Å². The molecule has 14 rings (SSSR count). The zero-order valence-electron chi connectivity index (χ0n) is 59.3. The average Bonchev–Trinajstić information content (AvgIpc) is 1.64. The summed E-state index contributed by atoms with van der Waals surface area (Å²) in [5, 5.41) is 28.2. The number of aromatic nitrogens is 9. The lowest BCUT2D eigenvalue weighted by Crippen LogP contribution is -2.32. The molecule has 10 heterocycles. The fourth-order valence-corrected chi connectivity index (χ4v) is 11.8. The van der Waals surface area contributed by atoms with Crippen molar-refractivity contribution in [1.82, 2.24) is 44.4 Å². The van der Waals surface area contributed by atoms with Gasteiger partial charge < -0.3 is 40.1 Å². The van der Waals surface area contributed by atoms with Gasteiger partial charge in [-0.3, -0.25) is 53.6 Å². The van der Waals surface area contributed by atoms with Gasteiger partial charge in [0.1, 0.15) is 29.7 Å². The Morgan fingerprint density at radius 1 is 0.757 bits per heavy atom. The van der Waals surface area contributed by atoms with Crippen molar-refractivity contribution in [2.75, 3.05) is 50.0 Å². The van der Waals surface area contributed by atoms with Crippen molar-refractivity contribution in [3.8, 4) is 40.7 Å². The number of H-pyrrole nitrogens is 2. The Balaban J connectivity index is 0.000000173. The van der Waals surface area contributed by atoms with Gasteiger partial charge in [0.05, 0.1) is 56.2 Å². The van der Waals surface area contributed by atoms with E-state index in [-0.39, 0.29) is 56.4 Å². The Kier molecular flexibility index (Phi) is 30.6. The molecule has 28 heteroatoms. The molecule has 4 aliphatic carbocycles. The number of aromatic amines is 2. The summed E-state index contributed by atoms with van der Waals surface area (Å²) < 4.78 is 27.8. The van der Waals surface area contributed by atoms with Crippen LogP contribution in [0.3, 0.4) is 0 Å². The predicted octanol–water partition coefficient (Wildman–Crippen LogP) is 13.6. The molecule has 3 aliphatic heterocycles. The van der Waals surface area contributed by atoms with Crippen molar-refractivity contribution in [3.05, 3.63) is 180 Å². The summed E-state index contributed by atoms with van der Waals surface area (Å²) in [6.07, 6.45) is 18.6. The maximum atomic E-state index is 12.7. The van der Waals surface area contributed by atoms with Crippen LogP contribution < -0.4 is 22.6 Å². The number of nitrogens with two attached hydrogens (primary N) is 2. The molecule has 7 aromatic heterocycles. The average molecular weight is 1540 g/mol. The number of halogens is 2. The van der Waals surface area contributed by atoms with Crippen LogP contribution in [0.5, 0.6) is 0 Å². The molecular weight excluding hydrogens is 1450 g/mol. The van der Waals surface area contributed by atoms with Gasteiger partial charge in [-0.25, -0.2) is 4.98 Å². The number of rotatable bonds is 14. The number of allylic oxidation sites excluding steroid dienone is 1. The number of nitrogens with one attached hydrogen (secondary N) is 2. The van der Waals surface area contributed by atoms with E-state index in [4.69, 9.17) is 53.3 Å². The maximum absolute atomic E-state index is 12.7. The molecule has 0 aromatic carbocycles. The molecule has 103 heavy (non-hydrogen) atoms. The van der Waals surface area contributed by atoms with Gasteiger partial charge in [0.15, 0.2) is 33.9 Å². The Hall–Kier alpha value is -8.27. The van der Waals surface area contributed by atoms with Crippen molar-refractivity contribution in [3.63, 3.8) is 0 Å². The molecule has 7 aromatic rings. The first-order chi connectivity index (χ1) is 49.2. The Bertz CT molecular complexity index is 4340. The molecule has 2 saturated heterocycles. The lowest BCUT2D eigenvalue weighted by molar-refractivity contribution is -0.141. The zero-order chi connectivity index (χ0) is 75.1. The third-order valence-electron chi connectivity index (χ3n) is 17.6. The molecular formula is C75H88BrClN14O9S3. The number of aldehydes is 1. The molecule has 23 nitrogen and oxygen atoms in total. The largest absolute Gasteiger partial charge is 0.465 e. The lowest BCUT2D eigenvalue weighted by atomic mass is 10.0. The summed E-state index contributed by atoms with van der Waals surface area (Å²) >= 11 is 19.3. The van der Waals surface area contributed by atoms with Gasteiger partial charge in [-0.1, -0.05) is 87.9 Å². The van der Waals surface area contributed by atoms with Crippen LogP contribution >= 0.6 is 63.7 Å². The van der Waals surface area contributed by atoms with E-state index < -0.39 is 11.5 Å². The number of hydrogen-bond acceptors (Lipinski definition) is 21. The molecule has 4 saturated carbocycles. The van der Waals surface area contributed by atoms with Crippen LogP contribution in [0, 0.1) is 50.6 Å². The third kappa shape index (κ3) is 24.1. The highest BCUT2D eigenvalue weighted by Gasteiger charge is 2.43. The standard InChI is InChI=1S/C18H18N4OS.C14H12N4OS.C12H15NO2.C11H13NO2.C10H11NO.C5H7NO2.C4H8BrCl.CH4N2S/c1-11-9-22-16(23)13(7-19)15(21-17(22)24-10-11)12-3-4-14(20-8-12)18(2)5-6-18;1-14(4-5-14)10-3-2-8(7-16-10)11-9(6-15)12(19)18-13(20)17-11;1-12(4-5-12)10-3-2-9(8-13-10)11-14-6-7-15-11;1-8(2)10-4-3-9(7-12-10)11-13-5-6-14-11;1-10(4-5-10)9-3-2-8(7-12)6-11-9;1-2-8-5(7)3-4-6;1-4(2-5)3-6;2-1(3)4/h3-4,8,11H,5-6,9-10H2,1-2H3;2-3,7H,4-5H2,1H3,(H2,17,18,19,20);2-3,8,11H,4-7H2,1H3;3-4,7,11H,1,5-6H2,2H3;2-3,6-7H,4-5H2,1H3;2-3H2,1H3;4H,2-3H2,1H3;(H4,2,3,4). The fraction of sp³-hybridized carbons (Fsp3) is 0.453. The van der Waals surface area contributed by atoms with Crippen LogP contribution in [0.2, 0.25) is 0 Å². The third-order valence-corrected chi connectivity index (χ3v) is 20.8. The number of hydrogen-bond donors (Lipinski definition) is 4. The van der Waals surface area contributed by atoms with Crippen LogP contribution in [-0.4, -0.2) is 112 Å². The highest BCUT2D eigenvalue weighted by atomic mass is 79.9. The molecule has 0 spiro atoms. The molecule has 2 atom stereocenters. The number of thiocarbonyl (C=S) groups is 1. The second-order valence-electron chi connectivity index (χ2n) is 26.9. The van der Waals surface area contributed by atoms with Gasteiger partial charge in [0.25, 0.3) is 11.1 Å². The summed E-state index contributed by atoms with van der Waals surface area (Å²) in [5.41, 5.74) is 20.9. The number of fused-ring (bicyclic) bond motifs is 1. The Labute approximate surface area is 629 Å². The topological polar surface area (TPSA) is 352 Å². The van der Waals surface area contributed by atoms with Gasteiger partial charge in [0.2, 0.25) is 0 Å². The van der Waals surface area contributed by atoms with Crippen LogP contribution in [0.4, 0.5) is 0 Å². The number of carbonyl (C=O) groups is 2.